The van der Waals surface area contributed by atoms with E-state index in [1.807, 2.05) is 0 Å². The lowest BCUT2D eigenvalue weighted by Gasteiger charge is -2.34. The van der Waals surface area contributed by atoms with Crippen molar-refractivity contribution < 1.29 is 4.79 Å². The van der Waals surface area contributed by atoms with Crippen LogP contribution in [0.5, 0.6) is 0 Å². The highest BCUT2D eigenvalue weighted by molar-refractivity contribution is 5.85. The van der Waals surface area contributed by atoms with E-state index >= 15 is 0 Å². The van der Waals surface area contributed by atoms with Crippen molar-refractivity contribution in [2.24, 2.45) is 16.7 Å². The second kappa shape index (κ2) is 4.43. The molecule has 1 saturated carbocycles. The van der Waals surface area contributed by atoms with Crippen molar-refractivity contribution >= 4 is 18.3 Å². The summed E-state index contributed by atoms with van der Waals surface area (Å²) < 4.78 is 0. The molecule has 4 heteroatoms. The van der Waals surface area contributed by atoms with Crippen LogP contribution in [0, 0.1) is 16.7 Å². The molecular weight excluding hydrogens is 236 g/mol. The summed E-state index contributed by atoms with van der Waals surface area (Å²) in [5.41, 5.74) is 0.323. The van der Waals surface area contributed by atoms with Gasteiger partial charge in [0.05, 0.1) is 0 Å². The quantitative estimate of drug-likeness (QED) is 0.781. The predicted octanol–water partition coefficient (Wildman–Crippen LogP) is 1.91. The molecular formula is C13H25ClN2O. The van der Waals surface area contributed by atoms with Gasteiger partial charge in [-0.1, -0.05) is 27.7 Å². The maximum atomic E-state index is 12.5. The number of carbonyl (C=O) groups excluding carboxylic acids is 1. The van der Waals surface area contributed by atoms with E-state index in [0.29, 0.717) is 11.9 Å². The topological polar surface area (TPSA) is 32.3 Å². The van der Waals surface area contributed by atoms with Crippen LogP contribution in [0.25, 0.3) is 0 Å². The molecule has 0 aromatic heterocycles. The average molecular weight is 261 g/mol. The molecule has 2 aliphatic rings. The van der Waals surface area contributed by atoms with Gasteiger partial charge in [-0.2, -0.15) is 0 Å². The third-order valence-electron chi connectivity index (χ3n) is 5.05. The van der Waals surface area contributed by atoms with Crippen molar-refractivity contribution in [1.82, 2.24) is 10.2 Å². The molecule has 3 nitrogen and oxygen atoms in total. The highest BCUT2D eigenvalue weighted by Gasteiger charge is 2.69. The maximum Gasteiger partial charge on any atom is 0.227 e. The average Bonchev–Trinajstić information content (AvgIpc) is 2.57. The molecule has 1 amide bonds. The summed E-state index contributed by atoms with van der Waals surface area (Å²) >= 11 is 0. The zero-order chi connectivity index (χ0) is 12.1. The Morgan fingerprint density at radius 1 is 1.24 bits per heavy atom. The molecule has 1 heterocycles. The molecule has 1 aliphatic carbocycles. The third-order valence-corrected chi connectivity index (χ3v) is 5.05. The Morgan fingerprint density at radius 2 is 1.76 bits per heavy atom. The summed E-state index contributed by atoms with van der Waals surface area (Å²) in [7, 11) is 0. The van der Waals surface area contributed by atoms with Gasteiger partial charge in [-0.3, -0.25) is 4.79 Å². The molecule has 1 N–H and O–H groups in total. The van der Waals surface area contributed by atoms with Gasteiger partial charge in [-0.25, -0.2) is 0 Å². The summed E-state index contributed by atoms with van der Waals surface area (Å²) in [5, 5.41) is 3.33. The van der Waals surface area contributed by atoms with Gasteiger partial charge in [-0.15, -0.1) is 12.4 Å². The molecule has 0 spiro atoms. The highest BCUT2D eigenvalue weighted by atomic mass is 35.5. The van der Waals surface area contributed by atoms with Crippen molar-refractivity contribution in [3.8, 4) is 0 Å². The summed E-state index contributed by atoms with van der Waals surface area (Å²) in [4.78, 5) is 14.6. The third kappa shape index (κ3) is 2.08. The number of nitrogens with zero attached hydrogens (tertiary/aromatic N) is 1. The number of halogens is 1. The van der Waals surface area contributed by atoms with Crippen molar-refractivity contribution in [2.75, 3.05) is 19.6 Å². The van der Waals surface area contributed by atoms with Crippen LogP contribution < -0.4 is 5.32 Å². The van der Waals surface area contributed by atoms with Crippen LogP contribution in [-0.4, -0.2) is 36.5 Å². The number of hydrogen-bond donors (Lipinski definition) is 1. The Kier molecular flexibility index (Phi) is 3.85. The molecule has 17 heavy (non-hydrogen) atoms. The normalized spacial score (nSPS) is 30.6. The van der Waals surface area contributed by atoms with E-state index in [-0.39, 0.29) is 29.2 Å². The van der Waals surface area contributed by atoms with Gasteiger partial charge in [-0.05, 0) is 17.8 Å². The van der Waals surface area contributed by atoms with E-state index in [4.69, 9.17) is 0 Å². The zero-order valence-corrected chi connectivity index (χ0v) is 12.4. The van der Waals surface area contributed by atoms with Crippen molar-refractivity contribution in [1.29, 1.82) is 0 Å². The molecule has 2 fully saturated rings. The monoisotopic (exact) mass is 260 g/mol. The van der Waals surface area contributed by atoms with Gasteiger partial charge in [0.25, 0.3) is 0 Å². The van der Waals surface area contributed by atoms with Crippen molar-refractivity contribution in [3.05, 3.63) is 0 Å². The van der Waals surface area contributed by atoms with E-state index < -0.39 is 0 Å². The fraction of sp³-hybridized carbons (Fsp3) is 0.923. The van der Waals surface area contributed by atoms with Crippen LogP contribution in [0.3, 0.4) is 0 Å². The summed E-state index contributed by atoms with van der Waals surface area (Å²) in [6.07, 6.45) is 0. The first kappa shape index (κ1) is 14.8. The Labute approximate surface area is 111 Å². The molecule has 1 saturated heterocycles. The van der Waals surface area contributed by atoms with Gasteiger partial charge < -0.3 is 10.2 Å². The Morgan fingerprint density at radius 3 is 2.18 bits per heavy atom. The van der Waals surface area contributed by atoms with E-state index in [1.54, 1.807) is 0 Å². The van der Waals surface area contributed by atoms with E-state index in [9.17, 15) is 4.79 Å². The molecule has 2 rings (SSSR count). The van der Waals surface area contributed by atoms with Crippen molar-refractivity contribution in [2.45, 2.75) is 40.7 Å². The van der Waals surface area contributed by atoms with E-state index in [0.717, 1.165) is 19.6 Å². The molecule has 100 valence electrons. The van der Waals surface area contributed by atoms with Crippen LogP contribution in [-0.2, 0) is 4.79 Å². The number of amides is 1. The van der Waals surface area contributed by atoms with Crippen molar-refractivity contribution in [3.63, 3.8) is 0 Å². The number of nitrogens with one attached hydrogen (secondary N) is 1. The molecule has 0 radical (unpaired) electrons. The van der Waals surface area contributed by atoms with Crippen LogP contribution >= 0.6 is 12.4 Å². The molecule has 0 aromatic carbocycles. The number of carbonyl (C=O) groups is 1. The fourth-order valence-electron chi connectivity index (χ4n) is 3.15. The fourth-order valence-corrected chi connectivity index (χ4v) is 3.15. The first-order valence-electron chi connectivity index (χ1n) is 6.31. The Balaban J connectivity index is 0.00000144. The first-order chi connectivity index (χ1) is 7.30. The first-order valence-corrected chi connectivity index (χ1v) is 6.31. The van der Waals surface area contributed by atoms with Gasteiger partial charge in [0.2, 0.25) is 5.91 Å². The van der Waals surface area contributed by atoms with E-state index in [2.05, 4.69) is 44.8 Å². The largest absolute Gasteiger partial charge is 0.337 e. The van der Waals surface area contributed by atoms with Gasteiger partial charge >= 0.3 is 0 Å². The lowest BCUT2D eigenvalue weighted by Crippen LogP contribution is -2.53. The summed E-state index contributed by atoms with van der Waals surface area (Å²) in [6.45, 7) is 13.7. The Hall–Kier alpha value is -0.280. The molecule has 0 unspecified atom stereocenters. The molecule has 1 atom stereocenters. The molecule has 0 bridgehead atoms. The van der Waals surface area contributed by atoms with Crippen LogP contribution in [0.15, 0.2) is 0 Å². The summed E-state index contributed by atoms with van der Waals surface area (Å²) in [6, 6.07) is 0.341. The number of hydrogen-bond acceptors (Lipinski definition) is 2. The minimum atomic E-state index is 0. The lowest BCUT2D eigenvalue weighted by molar-refractivity contribution is -0.136. The molecule has 0 aromatic rings. The van der Waals surface area contributed by atoms with Gasteiger partial charge in [0, 0.05) is 31.6 Å². The smallest absolute Gasteiger partial charge is 0.227 e. The van der Waals surface area contributed by atoms with Crippen LogP contribution in [0.1, 0.15) is 34.6 Å². The maximum absolute atomic E-state index is 12.5. The zero-order valence-electron chi connectivity index (χ0n) is 11.5. The minimum absolute atomic E-state index is 0. The lowest BCUT2D eigenvalue weighted by atomic mass is 10.0. The van der Waals surface area contributed by atoms with Gasteiger partial charge in [0.1, 0.15) is 0 Å². The van der Waals surface area contributed by atoms with Crippen LogP contribution in [0.2, 0.25) is 0 Å². The molecule has 1 aliphatic heterocycles. The second-order valence-electron chi connectivity index (χ2n) is 6.46. The predicted molar refractivity (Wildman–Crippen MR) is 72.3 cm³/mol. The highest BCUT2D eigenvalue weighted by Crippen LogP contribution is 2.68. The number of piperazine rings is 1. The second-order valence-corrected chi connectivity index (χ2v) is 6.46. The van der Waals surface area contributed by atoms with Crippen LogP contribution in [0.4, 0.5) is 0 Å². The Bertz CT molecular complexity index is 301. The standard InChI is InChI=1S/C13H24N2O.ClH/c1-9-8-14-6-7-15(9)11(16)10-12(2,3)13(10,4)5;/h9-10,14H,6-8H2,1-5H3;1H/t9-;/m1./s1. The SMILES string of the molecule is C[C@@H]1CNCCN1C(=O)C1C(C)(C)C1(C)C.Cl. The minimum Gasteiger partial charge on any atom is -0.337 e. The number of rotatable bonds is 1. The van der Waals surface area contributed by atoms with Gasteiger partial charge in [0.15, 0.2) is 0 Å². The van der Waals surface area contributed by atoms with E-state index in [1.165, 1.54) is 0 Å². The summed E-state index contributed by atoms with van der Waals surface area (Å²) in [5.74, 6) is 0.574.